The summed E-state index contributed by atoms with van der Waals surface area (Å²) in [6.45, 7) is 2.24. The lowest BCUT2D eigenvalue weighted by atomic mass is 10.2. The summed E-state index contributed by atoms with van der Waals surface area (Å²) in [7, 11) is 1.35. The Hall–Kier alpha value is -1.79. The summed E-state index contributed by atoms with van der Waals surface area (Å²) in [6, 6.07) is 3.14. The van der Waals surface area contributed by atoms with Gasteiger partial charge in [-0.25, -0.2) is 4.98 Å². The third-order valence-corrected chi connectivity index (χ3v) is 2.66. The van der Waals surface area contributed by atoms with E-state index in [9.17, 15) is 18.0 Å². The number of halogens is 3. The molecule has 0 aliphatic rings. The number of hydrogen-bond acceptors (Lipinski definition) is 3. The van der Waals surface area contributed by atoms with E-state index >= 15 is 0 Å². The highest BCUT2D eigenvalue weighted by atomic mass is 19.4. The summed E-state index contributed by atoms with van der Waals surface area (Å²) in [5, 5.41) is 2.99. The van der Waals surface area contributed by atoms with Crippen LogP contribution in [-0.4, -0.2) is 42.1 Å². The maximum Gasteiger partial charge on any atom is 0.390 e. The van der Waals surface area contributed by atoms with E-state index in [0.29, 0.717) is 12.4 Å². The number of anilines is 1. The molecule has 1 rings (SSSR count). The Kier molecular flexibility index (Phi) is 5.79. The summed E-state index contributed by atoms with van der Waals surface area (Å²) in [5.74, 6) is -0.0702. The van der Waals surface area contributed by atoms with Gasteiger partial charge < -0.3 is 10.2 Å². The standard InChI is InChI=1S/C13H18F3N3O/c1-3-7-17-11-10(5-4-8-18-11)12(20)19(2)9-6-13(14,15)16/h4-5,8H,3,6-7,9H2,1-2H3,(H,17,18). The Balaban J connectivity index is 2.75. The van der Waals surface area contributed by atoms with Crippen LogP contribution in [0.25, 0.3) is 0 Å². The van der Waals surface area contributed by atoms with Crippen molar-refractivity contribution in [3.05, 3.63) is 23.9 Å². The zero-order valence-corrected chi connectivity index (χ0v) is 11.5. The maximum atomic E-state index is 12.2. The Bertz CT molecular complexity index is 449. The van der Waals surface area contributed by atoms with E-state index in [1.165, 1.54) is 13.2 Å². The van der Waals surface area contributed by atoms with Crippen molar-refractivity contribution < 1.29 is 18.0 Å². The lowest BCUT2D eigenvalue weighted by Gasteiger charge is -2.19. The Morgan fingerprint density at radius 1 is 1.45 bits per heavy atom. The van der Waals surface area contributed by atoms with Gasteiger partial charge in [-0.1, -0.05) is 6.92 Å². The smallest absolute Gasteiger partial charge is 0.369 e. The Morgan fingerprint density at radius 3 is 2.75 bits per heavy atom. The number of rotatable bonds is 6. The molecule has 112 valence electrons. The van der Waals surface area contributed by atoms with E-state index in [2.05, 4.69) is 10.3 Å². The highest BCUT2D eigenvalue weighted by Gasteiger charge is 2.28. The first-order valence-electron chi connectivity index (χ1n) is 6.36. The zero-order chi connectivity index (χ0) is 15.2. The van der Waals surface area contributed by atoms with Crippen LogP contribution < -0.4 is 5.32 Å². The molecule has 0 spiro atoms. The van der Waals surface area contributed by atoms with Crippen LogP contribution in [0.4, 0.5) is 19.0 Å². The molecule has 0 fully saturated rings. The van der Waals surface area contributed by atoms with Gasteiger partial charge in [0.1, 0.15) is 5.82 Å². The van der Waals surface area contributed by atoms with Gasteiger partial charge in [0.2, 0.25) is 0 Å². The summed E-state index contributed by atoms with van der Waals surface area (Å²) in [4.78, 5) is 17.2. The summed E-state index contributed by atoms with van der Waals surface area (Å²) in [6.07, 6.45) is -2.90. The monoisotopic (exact) mass is 289 g/mol. The second-order valence-electron chi connectivity index (χ2n) is 4.42. The normalized spacial score (nSPS) is 11.2. The average Bonchev–Trinajstić information content (AvgIpc) is 2.41. The van der Waals surface area contributed by atoms with Crippen molar-refractivity contribution >= 4 is 11.7 Å². The molecular weight excluding hydrogens is 271 g/mol. The fraction of sp³-hybridized carbons (Fsp3) is 0.538. The first-order valence-corrected chi connectivity index (χ1v) is 6.36. The van der Waals surface area contributed by atoms with Crippen LogP contribution >= 0.6 is 0 Å². The molecule has 4 nitrogen and oxygen atoms in total. The number of carbonyl (C=O) groups excluding carboxylic acids is 1. The van der Waals surface area contributed by atoms with Crippen LogP contribution in [0, 0.1) is 0 Å². The number of alkyl halides is 3. The van der Waals surface area contributed by atoms with Crippen LogP contribution in [0.15, 0.2) is 18.3 Å². The van der Waals surface area contributed by atoms with E-state index < -0.39 is 18.5 Å². The molecule has 0 atom stereocenters. The van der Waals surface area contributed by atoms with Crippen LogP contribution in [-0.2, 0) is 0 Å². The van der Waals surface area contributed by atoms with E-state index in [4.69, 9.17) is 0 Å². The van der Waals surface area contributed by atoms with Crippen molar-refractivity contribution in [2.24, 2.45) is 0 Å². The SMILES string of the molecule is CCCNc1ncccc1C(=O)N(C)CCC(F)(F)F. The average molecular weight is 289 g/mol. The fourth-order valence-electron chi connectivity index (χ4n) is 1.56. The minimum atomic E-state index is -4.27. The van der Waals surface area contributed by atoms with Crippen molar-refractivity contribution in [1.29, 1.82) is 0 Å². The van der Waals surface area contributed by atoms with Gasteiger partial charge in [-0.15, -0.1) is 0 Å². The molecule has 1 aromatic rings. The second-order valence-corrected chi connectivity index (χ2v) is 4.42. The molecule has 0 aromatic carbocycles. The van der Waals surface area contributed by atoms with Crippen LogP contribution in [0.2, 0.25) is 0 Å². The van der Waals surface area contributed by atoms with Crippen molar-refractivity contribution in [3.8, 4) is 0 Å². The van der Waals surface area contributed by atoms with Crippen LogP contribution in [0.5, 0.6) is 0 Å². The van der Waals surface area contributed by atoms with Gasteiger partial charge in [-0.2, -0.15) is 13.2 Å². The number of amides is 1. The summed E-state index contributed by atoms with van der Waals surface area (Å²) < 4.78 is 36.5. The van der Waals surface area contributed by atoms with Gasteiger partial charge in [-0.05, 0) is 18.6 Å². The summed E-state index contributed by atoms with van der Waals surface area (Å²) >= 11 is 0. The second kappa shape index (κ2) is 7.12. The first kappa shape index (κ1) is 16.3. The Labute approximate surface area is 116 Å². The third kappa shape index (κ3) is 5.07. The highest BCUT2D eigenvalue weighted by molar-refractivity contribution is 5.98. The third-order valence-electron chi connectivity index (χ3n) is 2.66. The van der Waals surface area contributed by atoms with Crippen molar-refractivity contribution in [2.45, 2.75) is 25.9 Å². The van der Waals surface area contributed by atoms with E-state index in [0.717, 1.165) is 11.3 Å². The summed E-state index contributed by atoms with van der Waals surface area (Å²) in [5.41, 5.74) is 0.283. The number of nitrogens with zero attached hydrogens (tertiary/aromatic N) is 2. The van der Waals surface area contributed by atoms with Crippen molar-refractivity contribution in [1.82, 2.24) is 9.88 Å². The first-order chi connectivity index (χ1) is 9.35. The van der Waals surface area contributed by atoms with E-state index in [1.54, 1.807) is 12.1 Å². The van der Waals surface area contributed by atoms with Gasteiger partial charge in [0.05, 0.1) is 12.0 Å². The number of aromatic nitrogens is 1. The molecule has 0 saturated carbocycles. The van der Waals surface area contributed by atoms with Gasteiger partial charge >= 0.3 is 6.18 Å². The molecule has 0 aliphatic carbocycles. The van der Waals surface area contributed by atoms with Gasteiger partial charge in [0, 0.05) is 26.3 Å². The topological polar surface area (TPSA) is 45.2 Å². The van der Waals surface area contributed by atoms with Gasteiger partial charge in [-0.3, -0.25) is 4.79 Å². The number of hydrogen-bond donors (Lipinski definition) is 1. The van der Waals surface area contributed by atoms with Crippen molar-refractivity contribution in [3.63, 3.8) is 0 Å². The minimum absolute atomic E-state index is 0.283. The van der Waals surface area contributed by atoms with Crippen LogP contribution in [0.1, 0.15) is 30.1 Å². The number of pyridine rings is 1. The lowest BCUT2D eigenvalue weighted by molar-refractivity contribution is -0.136. The molecule has 0 unspecified atom stereocenters. The van der Waals surface area contributed by atoms with Crippen LogP contribution in [0.3, 0.4) is 0 Å². The molecule has 0 aliphatic heterocycles. The maximum absolute atomic E-state index is 12.2. The predicted octanol–water partition coefficient (Wildman–Crippen LogP) is 2.93. The number of carbonyl (C=O) groups is 1. The van der Waals surface area contributed by atoms with E-state index in [1.807, 2.05) is 6.92 Å². The molecule has 0 bridgehead atoms. The van der Waals surface area contributed by atoms with Crippen molar-refractivity contribution in [2.75, 3.05) is 25.5 Å². The van der Waals surface area contributed by atoms with Gasteiger partial charge in [0.15, 0.2) is 0 Å². The molecule has 0 saturated heterocycles. The molecule has 1 amide bonds. The predicted molar refractivity (Wildman–Crippen MR) is 70.7 cm³/mol. The fourth-order valence-corrected chi connectivity index (χ4v) is 1.56. The molecule has 1 heterocycles. The molecule has 20 heavy (non-hydrogen) atoms. The molecular formula is C13H18F3N3O. The quantitative estimate of drug-likeness (QED) is 0.875. The molecule has 1 N–H and O–H groups in total. The lowest BCUT2D eigenvalue weighted by Crippen LogP contribution is -2.31. The Morgan fingerprint density at radius 2 is 2.15 bits per heavy atom. The highest BCUT2D eigenvalue weighted by Crippen LogP contribution is 2.20. The largest absolute Gasteiger partial charge is 0.390 e. The number of nitrogens with one attached hydrogen (secondary N) is 1. The molecule has 0 radical (unpaired) electrons. The van der Waals surface area contributed by atoms with E-state index in [-0.39, 0.29) is 12.1 Å². The minimum Gasteiger partial charge on any atom is -0.369 e. The van der Waals surface area contributed by atoms with Gasteiger partial charge in [0.25, 0.3) is 5.91 Å². The molecule has 7 heteroatoms. The zero-order valence-electron chi connectivity index (χ0n) is 11.5. The molecule has 1 aromatic heterocycles.